The number of aromatic nitrogens is 4. The van der Waals surface area contributed by atoms with Crippen molar-refractivity contribution in [3.05, 3.63) is 36.7 Å². The van der Waals surface area contributed by atoms with E-state index in [-0.39, 0.29) is 0 Å². The first-order valence-corrected chi connectivity index (χ1v) is 6.55. The minimum atomic E-state index is 0.536. The molecule has 0 bridgehead atoms. The van der Waals surface area contributed by atoms with Gasteiger partial charge in [-0.3, -0.25) is 4.68 Å². The number of hydrogen-bond donors (Lipinski definition) is 1. The van der Waals surface area contributed by atoms with Gasteiger partial charge in [-0.2, -0.15) is 5.10 Å². The number of methoxy groups -OCH3 is 1. The molecule has 0 aliphatic carbocycles. The summed E-state index contributed by atoms with van der Waals surface area (Å²) in [6.07, 6.45) is 4.68. The van der Waals surface area contributed by atoms with Crippen LogP contribution < -0.4 is 10.5 Å². The van der Waals surface area contributed by atoms with E-state index in [2.05, 4.69) is 10.1 Å². The number of benzene rings is 1. The first kappa shape index (κ1) is 12.5. The second kappa shape index (κ2) is 5.24. The first-order chi connectivity index (χ1) is 9.78. The molecule has 6 heteroatoms. The summed E-state index contributed by atoms with van der Waals surface area (Å²) < 4.78 is 9.18. The third-order valence-corrected chi connectivity index (χ3v) is 3.31. The number of ether oxygens (including phenoxy) is 1. The maximum absolute atomic E-state index is 5.99. The van der Waals surface area contributed by atoms with Crippen molar-refractivity contribution in [2.75, 3.05) is 12.8 Å². The highest BCUT2D eigenvalue weighted by Crippen LogP contribution is 2.23. The Kier molecular flexibility index (Phi) is 3.28. The van der Waals surface area contributed by atoms with Gasteiger partial charge in [0.1, 0.15) is 5.75 Å². The van der Waals surface area contributed by atoms with Crippen LogP contribution in [0.4, 0.5) is 5.95 Å². The number of rotatable bonds is 5. The fraction of sp³-hybridized carbons (Fsp3) is 0.286. The standard InChI is InChI=1S/C14H17N5O/c1-20-11-4-5-12-13(10-11)19(14(15)17-12)9-3-8-18-7-2-6-16-18/h2,4-7,10H,3,8-9H2,1H3,(H2,15,17). The van der Waals surface area contributed by atoms with Crippen LogP contribution in [0.2, 0.25) is 0 Å². The molecule has 0 atom stereocenters. The van der Waals surface area contributed by atoms with Gasteiger partial charge in [-0.05, 0) is 24.6 Å². The minimum Gasteiger partial charge on any atom is -0.497 e. The van der Waals surface area contributed by atoms with Crippen LogP contribution in [-0.2, 0) is 13.1 Å². The number of anilines is 1. The Hall–Kier alpha value is -2.50. The molecule has 0 fully saturated rings. The van der Waals surface area contributed by atoms with Crippen molar-refractivity contribution in [1.29, 1.82) is 0 Å². The molecule has 0 spiro atoms. The van der Waals surface area contributed by atoms with Crippen LogP contribution in [-0.4, -0.2) is 26.4 Å². The van der Waals surface area contributed by atoms with Crippen LogP contribution in [0.3, 0.4) is 0 Å². The lowest BCUT2D eigenvalue weighted by Gasteiger charge is -2.07. The molecule has 0 saturated carbocycles. The summed E-state index contributed by atoms with van der Waals surface area (Å²) in [7, 11) is 1.66. The van der Waals surface area contributed by atoms with E-state index in [0.717, 1.165) is 36.3 Å². The molecule has 0 aliphatic heterocycles. The van der Waals surface area contributed by atoms with Crippen LogP contribution in [0, 0.1) is 0 Å². The molecule has 1 aromatic carbocycles. The van der Waals surface area contributed by atoms with Gasteiger partial charge in [-0.15, -0.1) is 0 Å². The maximum Gasteiger partial charge on any atom is 0.201 e. The summed E-state index contributed by atoms with van der Waals surface area (Å²) >= 11 is 0. The van der Waals surface area contributed by atoms with Crippen molar-refractivity contribution in [2.24, 2.45) is 0 Å². The van der Waals surface area contributed by atoms with Gasteiger partial charge in [0.05, 0.1) is 18.1 Å². The third-order valence-electron chi connectivity index (χ3n) is 3.31. The Labute approximate surface area is 116 Å². The van der Waals surface area contributed by atoms with Gasteiger partial charge in [-0.25, -0.2) is 4.98 Å². The van der Waals surface area contributed by atoms with Gasteiger partial charge < -0.3 is 15.0 Å². The smallest absolute Gasteiger partial charge is 0.201 e. The summed E-state index contributed by atoms with van der Waals surface area (Å²) in [5.41, 5.74) is 7.89. The molecule has 2 heterocycles. The second-order valence-corrected chi connectivity index (χ2v) is 4.60. The van der Waals surface area contributed by atoms with Crippen LogP contribution in [0.1, 0.15) is 6.42 Å². The fourth-order valence-corrected chi connectivity index (χ4v) is 2.31. The molecule has 2 N–H and O–H groups in total. The van der Waals surface area contributed by atoms with Crippen LogP contribution in [0.15, 0.2) is 36.7 Å². The number of nitrogen functional groups attached to an aromatic ring is 1. The lowest BCUT2D eigenvalue weighted by Crippen LogP contribution is -2.07. The predicted molar refractivity (Wildman–Crippen MR) is 77.5 cm³/mol. The molecule has 0 aliphatic rings. The van der Waals surface area contributed by atoms with Crippen LogP contribution in [0.5, 0.6) is 5.75 Å². The molecule has 3 aromatic rings. The van der Waals surface area contributed by atoms with Gasteiger partial charge in [-0.1, -0.05) is 0 Å². The van der Waals surface area contributed by atoms with E-state index >= 15 is 0 Å². The molecule has 2 aromatic heterocycles. The molecule has 0 radical (unpaired) electrons. The number of nitrogens with two attached hydrogens (primary N) is 1. The molecule has 6 nitrogen and oxygen atoms in total. The van der Waals surface area contributed by atoms with Crippen molar-refractivity contribution < 1.29 is 4.74 Å². The fourth-order valence-electron chi connectivity index (χ4n) is 2.31. The Morgan fingerprint density at radius 1 is 1.30 bits per heavy atom. The second-order valence-electron chi connectivity index (χ2n) is 4.60. The third kappa shape index (κ3) is 2.32. The van der Waals surface area contributed by atoms with Crippen molar-refractivity contribution in [3.8, 4) is 5.75 Å². The zero-order valence-corrected chi connectivity index (χ0v) is 11.4. The summed E-state index contributed by atoms with van der Waals surface area (Å²) in [5, 5.41) is 4.19. The van der Waals surface area contributed by atoms with E-state index in [1.807, 2.05) is 39.7 Å². The van der Waals surface area contributed by atoms with E-state index in [9.17, 15) is 0 Å². The van der Waals surface area contributed by atoms with Gasteiger partial charge in [0.2, 0.25) is 5.95 Å². The van der Waals surface area contributed by atoms with Gasteiger partial charge in [0, 0.05) is 31.5 Å². The average Bonchev–Trinajstić information content (AvgIpc) is 3.07. The van der Waals surface area contributed by atoms with Crippen LogP contribution >= 0.6 is 0 Å². The Balaban J connectivity index is 1.80. The SMILES string of the molecule is COc1ccc2nc(N)n(CCCn3cccn3)c2c1. The Morgan fingerprint density at radius 3 is 2.95 bits per heavy atom. The Bertz CT molecular complexity index is 702. The summed E-state index contributed by atoms with van der Waals surface area (Å²) in [6, 6.07) is 7.70. The highest BCUT2D eigenvalue weighted by Gasteiger charge is 2.08. The highest BCUT2D eigenvalue weighted by atomic mass is 16.5. The molecule has 0 saturated heterocycles. The summed E-state index contributed by atoms with van der Waals surface area (Å²) in [6.45, 7) is 1.66. The minimum absolute atomic E-state index is 0.536. The quantitative estimate of drug-likeness (QED) is 0.769. The molecule has 0 amide bonds. The maximum atomic E-state index is 5.99. The molecular formula is C14H17N5O. The topological polar surface area (TPSA) is 70.9 Å². The van der Waals surface area contributed by atoms with Crippen LogP contribution in [0.25, 0.3) is 11.0 Å². The van der Waals surface area contributed by atoms with E-state index in [0.29, 0.717) is 5.95 Å². The van der Waals surface area contributed by atoms with Gasteiger partial charge in [0.15, 0.2) is 0 Å². The predicted octanol–water partition coefficient (Wildman–Crippen LogP) is 1.91. The van der Waals surface area contributed by atoms with E-state index in [4.69, 9.17) is 10.5 Å². The molecule has 104 valence electrons. The molecule has 20 heavy (non-hydrogen) atoms. The normalized spacial score (nSPS) is 11.1. The molecule has 3 rings (SSSR count). The van der Waals surface area contributed by atoms with E-state index in [1.165, 1.54) is 0 Å². The monoisotopic (exact) mass is 271 g/mol. The number of fused-ring (bicyclic) bond motifs is 1. The summed E-state index contributed by atoms with van der Waals surface area (Å²) in [4.78, 5) is 4.37. The van der Waals surface area contributed by atoms with Crippen molar-refractivity contribution in [2.45, 2.75) is 19.5 Å². The van der Waals surface area contributed by atoms with E-state index in [1.54, 1.807) is 13.3 Å². The number of aryl methyl sites for hydroxylation is 2. The van der Waals surface area contributed by atoms with Crippen molar-refractivity contribution >= 4 is 17.0 Å². The molecular weight excluding hydrogens is 254 g/mol. The Morgan fingerprint density at radius 2 is 2.20 bits per heavy atom. The zero-order valence-electron chi connectivity index (χ0n) is 11.4. The zero-order chi connectivity index (χ0) is 13.9. The number of hydrogen-bond acceptors (Lipinski definition) is 4. The number of imidazole rings is 1. The van der Waals surface area contributed by atoms with E-state index < -0.39 is 0 Å². The summed E-state index contributed by atoms with van der Waals surface area (Å²) in [5.74, 6) is 1.35. The van der Waals surface area contributed by atoms with Crippen molar-refractivity contribution in [1.82, 2.24) is 19.3 Å². The average molecular weight is 271 g/mol. The largest absolute Gasteiger partial charge is 0.497 e. The molecule has 0 unspecified atom stereocenters. The van der Waals surface area contributed by atoms with Gasteiger partial charge >= 0.3 is 0 Å². The highest BCUT2D eigenvalue weighted by molar-refractivity contribution is 5.79. The lowest BCUT2D eigenvalue weighted by molar-refractivity contribution is 0.415. The first-order valence-electron chi connectivity index (χ1n) is 6.55. The lowest BCUT2D eigenvalue weighted by atomic mass is 10.3. The number of nitrogens with zero attached hydrogens (tertiary/aromatic N) is 4. The van der Waals surface area contributed by atoms with Gasteiger partial charge in [0.25, 0.3) is 0 Å². The van der Waals surface area contributed by atoms with Crippen molar-refractivity contribution in [3.63, 3.8) is 0 Å².